The number of esters is 1. The van der Waals surface area contributed by atoms with Crippen molar-refractivity contribution in [2.75, 3.05) is 6.61 Å². The van der Waals surface area contributed by atoms with Crippen LogP contribution in [0.3, 0.4) is 0 Å². The van der Waals surface area contributed by atoms with Crippen LogP contribution in [0.5, 0.6) is 0 Å². The first-order valence-corrected chi connectivity index (χ1v) is 19.0. The van der Waals surface area contributed by atoms with E-state index in [1.165, 1.54) is 6.33 Å². The third kappa shape index (κ3) is 14.7. The first kappa shape index (κ1) is 41.1. The Hall–Kier alpha value is -4.62. The van der Waals surface area contributed by atoms with Crippen LogP contribution in [-0.4, -0.2) is 85.8 Å². The quantitative estimate of drug-likeness (QED) is 0.0662. The third-order valence-corrected chi connectivity index (χ3v) is 9.75. The van der Waals surface area contributed by atoms with Gasteiger partial charge in [-0.2, -0.15) is 0 Å². The average Bonchev–Trinajstić information content (AvgIpc) is 3.69. The molecule has 1 saturated carbocycles. The molecule has 0 spiro atoms. The summed E-state index contributed by atoms with van der Waals surface area (Å²) in [7, 11) is 0. The molecule has 13 heteroatoms. The second-order valence-electron chi connectivity index (χ2n) is 13.9. The molecule has 1 fully saturated rings. The average molecular weight is 733 g/mol. The van der Waals surface area contributed by atoms with Crippen LogP contribution >= 0.6 is 0 Å². The molecule has 3 amide bonds. The predicted molar refractivity (Wildman–Crippen MR) is 199 cm³/mol. The van der Waals surface area contributed by atoms with Crippen molar-refractivity contribution in [3.05, 3.63) is 84.2 Å². The minimum atomic E-state index is -1.25. The zero-order valence-electron chi connectivity index (χ0n) is 30.8. The lowest BCUT2D eigenvalue weighted by Crippen LogP contribution is -2.58. The summed E-state index contributed by atoms with van der Waals surface area (Å²) in [5.41, 5.74) is 2.22. The summed E-state index contributed by atoms with van der Waals surface area (Å²) in [6.07, 6.45) is 10.3. The van der Waals surface area contributed by atoms with Gasteiger partial charge in [0.2, 0.25) is 17.7 Å². The molecule has 0 aliphatic heterocycles. The summed E-state index contributed by atoms with van der Waals surface area (Å²) >= 11 is 0. The van der Waals surface area contributed by atoms with Crippen molar-refractivity contribution in [2.45, 2.75) is 127 Å². The van der Waals surface area contributed by atoms with Gasteiger partial charge in [0.05, 0.1) is 25.1 Å². The number of hydrogen-bond acceptors (Lipinski definition) is 9. The molecule has 1 aliphatic carbocycles. The molecule has 0 bridgehead atoms. The number of benzene rings is 1. The second-order valence-corrected chi connectivity index (χ2v) is 13.9. The van der Waals surface area contributed by atoms with Gasteiger partial charge in [-0.15, -0.1) is 0 Å². The standard InChI is InChI=1S/C40H56N6O7/c1-2-53-37(49)19-10-9-18-36(48)44-33(24-29-15-7-4-8-16-29)39(51)46-34(25-31-26-41-27-43-31)40(52)45-32(23-28-13-5-3-6-14-28)38(50)35(47)21-20-30-17-11-12-22-42-30/h4,7-8,11-12,15-17,22,26-28,32-35,38,47,50H,2-3,5-6,9-10,13-14,18-21,23-25H2,1H3,(H,41,43)(H,44,48)(H,45,52)(H,46,51)/t32-,33-,34-,35-,38+/m0/s1. The lowest BCUT2D eigenvalue weighted by Gasteiger charge is -2.33. The summed E-state index contributed by atoms with van der Waals surface area (Å²) in [5.74, 6) is -1.46. The van der Waals surface area contributed by atoms with E-state index in [-0.39, 0.29) is 49.9 Å². The Balaban J connectivity index is 1.48. The first-order valence-electron chi connectivity index (χ1n) is 19.0. The molecule has 288 valence electrons. The number of imidazole rings is 1. The highest BCUT2D eigenvalue weighted by Crippen LogP contribution is 2.29. The molecule has 3 aromatic rings. The van der Waals surface area contributed by atoms with E-state index < -0.39 is 42.1 Å². The number of aryl methyl sites for hydroxylation is 1. The number of amides is 3. The van der Waals surface area contributed by atoms with Gasteiger partial charge in [0.15, 0.2) is 0 Å². The maximum atomic E-state index is 14.2. The van der Waals surface area contributed by atoms with E-state index in [0.717, 1.165) is 43.4 Å². The highest BCUT2D eigenvalue weighted by molar-refractivity contribution is 5.92. The molecule has 1 aromatic carbocycles. The molecule has 2 heterocycles. The molecule has 0 saturated heterocycles. The van der Waals surface area contributed by atoms with Crippen molar-refractivity contribution >= 4 is 23.7 Å². The molecule has 0 radical (unpaired) electrons. The molecular formula is C40H56N6O7. The van der Waals surface area contributed by atoms with Crippen molar-refractivity contribution in [1.82, 2.24) is 30.9 Å². The number of rotatable bonds is 22. The van der Waals surface area contributed by atoms with E-state index in [2.05, 4.69) is 30.9 Å². The Morgan fingerprint density at radius 3 is 2.30 bits per heavy atom. The Morgan fingerprint density at radius 1 is 0.887 bits per heavy atom. The minimum Gasteiger partial charge on any atom is -0.466 e. The van der Waals surface area contributed by atoms with Gasteiger partial charge in [-0.05, 0) is 62.6 Å². The van der Waals surface area contributed by atoms with Gasteiger partial charge in [-0.1, -0.05) is 68.5 Å². The number of H-pyrrole nitrogens is 1. The summed E-state index contributed by atoms with van der Waals surface area (Å²) in [6, 6.07) is 12.0. The summed E-state index contributed by atoms with van der Waals surface area (Å²) < 4.78 is 4.96. The smallest absolute Gasteiger partial charge is 0.305 e. The SMILES string of the molecule is CCOC(=O)CCCCC(=O)N[C@@H](Cc1ccccc1)C(=O)N[C@@H](Cc1cnc[nH]1)C(=O)N[C@@H](CC1CCCCC1)[C@@H](O)[C@@H](O)CCc1ccccn1. The number of aromatic nitrogens is 3. The number of nitrogens with one attached hydrogen (secondary N) is 4. The molecule has 0 unspecified atom stereocenters. The topological polar surface area (TPSA) is 196 Å². The maximum Gasteiger partial charge on any atom is 0.305 e. The van der Waals surface area contributed by atoms with Crippen LogP contribution in [0.2, 0.25) is 0 Å². The van der Waals surface area contributed by atoms with E-state index >= 15 is 0 Å². The highest BCUT2D eigenvalue weighted by atomic mass is 16.5. The van der Waals surface area contributed by atoms with Crippen LogP contribution in [-0.2, 0) is 43.2 Å². The number of aromatic amines is 1. The highest BCUT2D eigenvalue weighted by Gasteiger charge is 2.34. The zero-order chi connectivity index (χ0) is 37.8. The Morgan fingerprint density at radius 2 is 1.60 bits per heavy atom. The fourth-order valence-corrected chi connectivity index (χ4v) is 6.84. The van der Waals surface area contributed by atoms with E-state index in [1.807, 2.05) is 48.5 Å². The first-order chi connectivity index (χ1) is 25.7. The van der Waals surface area contributed by atoms with Gasteiger partial charge >= 0.3 is 5.97 Å². The number of carbonyl (C=O) groups excluding carboxylic acids is 4. The van der Waals surface area contributed by atoms with Crippen LogP contribution < -0.4 is 16.0 Å². The van der Waals surface area contributed by atoms with Crippen molar-refractivity contribution in [2.24, 2.45) is 5.92 Å². The van der Waals surface area contributed by atoms with E-state index in [9.17, 15) is 29.4 Å². The number of pyridine rings is 1. The lowest BCUT2D eigenvalue weighted by molar-refractivity contribution is -0.143. The number of aliphatic hydroxyl groups excluding tert-OH is 2. The van der Waals surface area contributed by atoms with Gasteiger partial charge < -0.3 is 35.9 Å². The molecule has 2 aromatic heterocycles. The number of ether oxygens (including phenoxy) is 1. The second kappa shape index (κ2) is 22.4. The van der Waals surface area contributed by atoms with E-state index in [0.29, 0.717) is 38.0 Å². The molecule has 1 aliphatic rings. The number of carbonyl (C=O) groups is 4. The normalized spacial score (nSPS) is 16.1. The van der Waals surface area contributed by atoms with Crippen molar-refractivity contribution < 1.29 is 34.1 Å². The molecule has 6 N–H and O–H groups in total. The van der Waals surface area contributed by atoms with Crippen LogP contribution in [0.4, 0.5) is 0 Å². The van der Waals surface area contributed by atoms with Crippen molar-refractivity contribution in [3.8, 4) is 0 Å². The van der Waals surface area contributed by atoms with Gasteiger partial charge in [0.25, 0.3) is 0 Å². The minimum absolute atomic E-state index is 0.0753. The Labute approximate surface area is 312 Å². The third-order valence-electron chi connectivity index (χ3n) is 9.75. The van der Waals surface area contributed by atoms with Crippen LogP contribution in [0, 0.1) is 5.92 Å². The predicted octanol–water partition coefficient (Wildman–Crippen LogP) is 3.49. The Kier molecular flexibility index (Phi) is 17.4. The van der Waals surface area contributed by atoms with E-state index in [4.69, 9.17) is 4.74 Å². The number of hydrogen-bond donors (Lipinski definition) is 6. The lowest BCUT2D eigenvalue weighted by atomic mass is 9.82. The fraction of sp³-hybridized carbons (Fsp3) is 0.550. The number of unbranched alkanes of at least 4 members (excludes halogenated alkanes) is 1. The molecule has 4 rings (SSSR count). The molecule has 13 nitrogen and oxygen atoms in total. The summed E-state index contributed by atoms with van der Waals surface area (Å²) in [5, 5.41) is 31.3. The van der Waals surface area contributed by atoms with Gasteiger partial charge in [-0.25, -0.2) is 4.98 Å². The summed E-state index contributed by atoms with van der Waals surface area (Å²) in [6.45, 7) is 2.04. The van der Waals surface area contributed by atoms with Crippen LogP contribution in [0.1, 0.15) is 94.5 Å². The molecule has 53 heavy (non-hydrogen) atoms. The number of aliphatic hydroxyl groups is 2. The summed E-state index contributed by atoms with van der Waals surface area (Å²) in [4.78, 5) is 64.3. The Bertz CT molecular complexity index is 1520. The number of nitrogens with zero attached hydrogens (tertiary/aromatic N) is 2. The van der Waals surface area contributed by atoms with Crippen molar-refractivity contribution in [1.29, 1.82) is 0 Å². The monoisotopic (exact) mass is 732 g/mol. The van der Waals surface area contributed by atoms with Crippen LogP contribution in [0.15, 0.2) is 67.3 Å². The maximum absolute atomic E-state index is 14.2. The largest absolute Gasteiger partial charge is 0.466 e. The van der Waals surface area contributed by atoms with Gasteiger partial charge in [-0.3, -0.25) is 24.2 Å². The van der Waals surface area contributed by atoms with Gasteiger partial charge in [0, 0.05) is 49.5 Å². The fourth-order valence-electron chi connectivity index (χ4n) is 6.84. The van der Waals surface area contributed by atoms with Gasteiger partial charge in [0.1, 0.15) is 18.2 Å². The van der Waals surface area contributed by atoms with Crippen molar-refractivity contribution in [3.63, 3.8) is 0 Å². The van der Waals surface area contributed by atoms with Crippen LogP contribution in [0.25, 0.3) is 0 Å². The molecular weight excluding hydrogens is 676 g/mol. The molecule has 5 atom stereocenters. The van der Waals surface area contributed by atoms with E-state index in [1.54, 1.807) is 19.3 Å². The zero-order valence-corrected chi connectivity index (χ0v) is 30.8.